The maximum absolute atomic E-state index is 2.44. The summed E-state index contributed by atoms with van der Waals surface area (Å²) in [5.74, 6) is 0. The third kappa shape index (κ3) is 5.09. The van der Waals surface area contributed by atoms with E-state index < -0.39 is 18.4 Å². The molecule has 0 saturated carbocycles. The monoisotopic (exact) mass is 289 g/mol. The first-order valence-corrected chi connectivity index (χ1v) is 12.1. The van der Waals surface area contributed by atoms with Crippen molar-refractivity contribution in [3.05, 3.63) is 46.1 Å². The molecule has 0 radical (unpaired) electrons. The molecule has 0 nitrogen and oxygen atoms in total. The minimum absolute atomic E-state index is 1.08. The van der Waals surface area contributed by atoms with Crippen molar-refractivity contribution in [2.24, 2.45) is 0 Å². The molecule has 0 amide bonds. The SMILES string of the molecule is C[I+](C)(C)C=CCc1ccccc1. The van der Waals surface area contributed by atoms with E-state index in [2.05, 4.69) is 55.3 Å². The van der Waals surface area contributed by atoms with E-state index in [9.17, 15) is 0 Å². The van der Waals surface area contributed by atoms with Gasteiger partial charge >= 0.3 is 85.7 Å². The molecular weight excluding hydrogens is 271 g/mol. The summed E-state index contributed by atoms with van der Waals surface area (Å²) in [7, 11) is 0. The van der Waals surface area contributed by atoms with E-state index >= 15 is 0 Å². The molecule has 0 fully saturated rings. The van der Waals surface area contributed by atoms with Crippen LogP contribution in [-0.2, 0) is 6.42 Å². The molecule has 0 aliphatic rings. The molecular formula is C12H18I+. The molecule has 0 aliphatic carbocycles. The topological polar surface area (TPSA) is 0 Å². The van der Waals surface area contributed by atoms with Crippen molar-refractivity contribution >= 4 is 0 Å². The summed E-state index contributed by atoms with van der Waals surface area (Å²) in [6, 6.07) is 10.6. The zero-order valence-electron chi connectivity index (χ0n) is 8.63. The van der Waals surface area contributed by atoms with E-state index in [1.165, 1.54) is 5.56 Å². The number of alkyl halides is 3. The molecule has 0 unspecified atom stereocenters. The molecule has 0 saturated heterocycles. The van der Waals surface area contributed by atoms with E-state index in [1.54, 1.807) is 0 Å². The molecule has 1 aromatic carbocycles. The van der Waals surface area contributed by atoms with E-state index in [1.807, 2.05) is 0 Å². The predicted octanol–water partition coefficient (Wildman–Crippen LogP) is -0.207. The fraction of sp³-hybridized carbons (Fsp3) is 0.333. The molecule has 0 heterocycles. The molecule has 1 heteroatoms. The average molecular weight is 289 g/mol. The Morgan fingerprint density at radius 1 is 1.08 bits per heavy atom. The van der Waals surface area contributed by atoms with Crippen LogP contribution in [0.2, 0.25) is 0 Å². The fourth-order valence-corrected chi connectivity index (χ4v) is 2.84. The van der Waals surface area contributed by atoms with Crippen molar-refractivity contribution < 1.29 is 18.4 Å². The standard InChI is InChI=1S/C12H18I/c1-13(2,3)11-7-10-12-8-5-4-6-9-12/h4-9,11H,10H2,1-3H3/q+1. The van der Waals surface area contributed by atoms with Crippen LogP contribution in [0.15, 0.2) is 40.5 Å². The van der Waals surface area contributed by atoms with Gasteiger partial charge in [0.25, 0.3) is 0 Å². The third-order valence-electron chi connectivity index (χ3n) is 1.66. The van der Waals surface area contributed by atoms with Gasteiger partial charge in [0.05, 0.1) is 0 Å². The van der Waals surface area contributed by atoms with Gasteiger partial charge in [-0.2, -0.15) is 0 Å². The van der Waals surface area contributed by atoms with Crippen LogP contribution in [0.4, 0.5) is 0 Å². The number of benzene rings is 1. The van der Waals surface area contributed by atoms with E-state index in [0.717, 1.165) is 6.42 Å². The van der Waals surface area contributed by atoms with Gasteiger partial charge in [-0.15, -0.1) is 0 Å². The van der Waals surface area contributed by atoms with Gasteiger partial charge in [-0.25, -0.2) is 0 Å². The zero-order valence-corrected chi connectivity index (χ0v) is 10.8. The Kier molecular flexibility index (Phi) is 3.97. The molecule has 13 heavy (non-hydrogen) atoms. The molecule has 0 N–H and O–H groups in total. The number of allylic oxidation sites excluding steroid dienone is 1. The number of hydrogen-bond acceptors (Lipinski definition) is 0. The Morgan fingerprint density at radius 3 is 2.23 bits per heavy atom. The van der Waals surface area contributed by atoms with Gasteiger partial charge in [-0.3, -0.25) is 0 Å². The summed E-state index contributed by atoms with van der Waals surface area (Å²) in [4.78, 5) is 7.19. The average Bonchev–Trinajstić information content (AvgIpc) is 2.04. The van der Waals surface area contributed by atoms with E-state index in [-0.39, 0.29) is 0 Å². The van der Waals surface area contributed by atoms with Crippen molar-refractivity contribution in [3.63, 3.8) is 0 Å². The molecule has 1 aromatic rings. The Morgan fingerprint density at radius 2 is 1.69 bits per heavy atom. The van der Waals surface area contributed by atoms with Crippen molar-refractivity contribution in [1.82, 2.24) is 0 Å². The van der Waals surface area contributed by atoms with Crippen LogP contribution in [-0.4, -0.2) is 14.8 Å². The van der Waals surface area contributed by atoms with Crippen molar-refractivity contribution in [1.29, 1.82) is 0 Å². The van der Waals surface area contributed by atoms with E-state index in [4.69, 9.17) is 0 Å². The van der Waals surface area contributed by atoms with Crippen molar-refractivity contribution in [2.75, 3.05) is 14.8 Å². The van der Waals surface area contributed by atoms with Gasteiger partial charge in [0.15, 0.2) is 0 Å². The quantitative estimate of drug-likeness (QED) is 0.534. The Hall–Kier alpha value is -0.310. The zero-order chi connectivity index (χ0) is 9.73. The summed E-state index contributed by atoms with van der Waals surface area (Å²) in [6.45, 7) is 0. The second kappa shape index (κ2) is 4.80. The summed E-state index contributed by atoms with van der Waals surface area (Å²) in [5, 5.41) is 0. The van der Waals surface area contributed by atoms with E-state index in [0.29, 0.717) is 0 Å². The van der Waals surface area contributed by atoms with Crippen LogP contribution in [0.25, 0.3) is 0 Å². The molecule has 1 rings (SSSR count). The van der Waals surface area contributed by atoms with Gasteiger partial charge in [-0.1, -0.05) is 0 Å². The number of rotatable bonds is 3. The van der Waals surface area contributed by atoms with Crippen LogP contribution in [0, 0.1) is 0 Å². The van der Waals surface area contributed by atoms with Gasteiger partial charge in [0.1, 0.15) is 0 Å². The predicted molar refractivity (Wildman–Crippen MR) is 57.1 cm³/mol. The minimum atomic E-state index is -1.37. The van der Waals surface area contributed by atoms with Crippen molar-refractivity contribution in [2.45, 2.75) is 6.42 Å². The molecule has 72 valence electrons. The second-order valence-electron chi connectivity index (χ2n) is 3.84. The van der Waals surface area contributed by atoms with Gasteiger partial charge < -0.3 is 0 Å². The first-order chi connectivity index (χ1) is 6.08. The molecule has 0 atom stereocenters. The Balaban J connectivity index is 2.49. The molecule has 0 bridgehead atoms. The van der Waals surface area contributed by atoms with Crippen LogP contribution in [0.1, 0.15) is 5.56 Å². The maximum atomic E-state index is 2.44. The normalized spacial score (nSPS) is 13.5. The summed E-state index contributed by atoms with van der Waals surface area (Å²) in [6.07, 6.45) is 3.41. The van der Waals surface area contributed by atoms with Gasteiger partial charge in [0, 0.05) is 0 Å². The second-order valence-corrected chi connectivity index (χ2v) is 14.8. The van der Waals surface area contributed by atoms with Gasteiger partial charge in [0.2, 0.25) is 0 Å². The summed E-state index contributed by atoms with van der Waals surface area (Å²) < 4.78 is 2.44. The first-order valence-electron chi connectivity index (χ1n) is 4.36. The third-order valence-corrected chi connectivity index (χ3v) is 4.33. The number of halogens is 1. The molecule has 0 aromatic heterocycles. The van der Waals surface area contributed by atoms with Crippen molar-refractivity contribution in [3.8, 4) is 0 Å². The Labute approximate surface area is 85.6 Å². The summed E-state index contributed by atoms with van der Waals surface area (Å²) in [5.41, 5.74) is 1.41. The van der Waals surface area contributed by atoms with Crippen LogP contribution in [0.3, 0.4) is 0 Å². The Bertz CT molecular complexity index is 267. The van der Waals surface area contributed by atoms with Crippen LogP contribution < -0.4 is 18.4 Å². The van der Waals surface area contributed by atoms with Crippen LogP contribution >= 0.6 is 0 Å². The fourth-order valence-electron chi connectivity index (χ4n) is 1.06. The molecule has 0 aliphatic heterocycles. The first kappa shape index (κ1) is 10.8. The summed E-state index contributed by atoms with van der Waals surface area (Å²) >= 11 is -1.37. The number of hydrogen-bond donors (Lipinski definition) is 0. The molecule has 0 spiro atoms. The van der Waals surface area contributed by atoms with Crippen LogP contribution in [0.5, 0.6) is 0 Å². The van der Waals surface area contributed by atoms with Gasteiger partial charge in [-0.05, 0) is 0 Å².